The molecule has 0 aliphatic rings. The predicted octanol–water partition coefficient (Wildman–Crippen LogP) is 2.22. The summed E-state index contributed by atoms with van der Waals surface area (Å²) in [6, 6.07) is 10.5. The number of carbonyl (C=O) groups is 1. The van der Waals surface area contributed by atoms with E-state index in [9.17, 15) is 4.79 Å². The maximum absolute atomic E-state index is 11.9. The van der Waals surface area contributed by atoms with E-state index in [-0.39, 0.29) is 5.91 Å². The molecule has 1 aromatic heterocycles. The fourth-order valence-electron chi connectivity index (χ4n) is 1.48. The Bertz CT molecular complexity index is 552. The number of nitrogens with one attached hydrogen (secondary N) is 1. The first-order chi connectivity index (χ1) is 8.16. The van der Waals surface area contributed by atoms with Gasteiger partial charge in [-0.3, -0.25) is 4.79 Å². The van der Waals surface area contributed by atoms with Crippen LogP contribution in [0.3, 0.4) is 0 Å². The Morgan fingerprint density at radius 1 is 1.29 bits per heavy atom. The summed E-state index contributed by atoms with van der Waals surface area (Å²) in [5.41, 5.74) is 7.63. The number of nitrogen functional groups attached to an aromatic ring is 1. The minimum Gasteiger partial charge on any atom is -0.399 e. The highest BCUT2D eigenvalue weighted by atomic mass is 16.1. The predicted molar refractivity (Wildman–Crippen MR) is 67.8 cm³/mol. The molecule has 1 heterocycles. The smallest absolute Gasteiger partial charge is 0.256 e. The first kappa shape index (κ1) is 11.1. The maximum atomic E-state index is 11.9. The van der Waals surface area contributed by atoms with Gasteiger partial charge in [0, 0.05) is 17.4 Å². The van der Waals surface area contributed by atoms with Crippen LogP contribution in [0.2, 0.25) is 0 Å². The Hall–Kier alpha value is -2.36. The quantitative estimate of drug-likeness (QED) is 0.773. The second-order valence-corrected chi connectivity index (χ2v) is 3.75. The molecule has 0 atom stereocenters. The highest BCUT2D eigenvalue weighted by Crippen LogP contribution is 2.12. The summed E-state index contributed by atoms with van der Waals surface area (Å²) in [4.78, 5) is 16.0. The van der Waals surface area contributed by atoms with Crippen molar-refractivity contribution in [2.75, 3.05) is 11.1 Å². The standard InChI is InChI=1S/C13H13N3O/c1-9-4-3-7-15-12(9)16-13(17)10-5-2-6-11(14)8-10/h2-8H,14H2,1H3,(H,15,16,17). The fourth-order valence-corrected chi connectivity index (χ4v) is 1.48. The molecule has 4 heteroatoms. The minimum atomic E-state index is -0.209. The molecule has 1 amide bonds. The molecule has 3 N–H and O–H groups in total. The molecule has 1 aromatic carbocycles. The van der Waals surface area contributed by atoms with Crippen molar-refractivity contribution in [3.63, 3.8) is 0 Å². The number of nitrogens with two attached hydrogens (primary N) is 1. The number of amides is 1. The largest absolute Gasteiger partial charge is 0.399 e. The first-order valence-corrected chi connectivity index (χ1v) is 5.25. The SMILES string of the molecule is Cc1cccnc1NC(=O)c1cccc(N)c1. The van der Waals surface area contributed by atoms with E-state index in [1.807, 2.05) is 19.1 Å². The van der Waals surface area contributed by atoms with Crippen LogP contribution in [0.4, 0.5) is 11.5 Å². The third kappa shape index (κ3) is 2.60. The lowest BCUT2D eigenvalue weighted by molar-refractivity contribution is 0.102. The van der Waals surface area contributed by atoms with Crippen LogP contribution in [-0.4, -0.2) is 10.9 Å². The number of anilines is 2. The summed E-state index contributed by atoms with van der Waals surface area (Å²) >= 11 is 0. The van der Waals surface area contributed by atoms with Crippen LogP contribution in [0, 0.1) is 6.92 Å². The molecule has 0 unspecified atom stereocenters. The van der Waals surface area contributed by atoms with E-state index in [2.05, 4.69) is 10.3 Å². The van der Waals surface area contributed by atoms with Gasteiger partial charge in [-0.2, -0.15) is 0 Å². The van der Waals surface area contributed by atoms with Crippen LogP contribution in [0.1, 0.15) is 15.9 Å². The topological polar surface area (TPSA) is 68.0 Å². The van der Waals surface area contributed by atoms with Crippen LogP contribution in [0.25, 0.3) is 0 Å². The molecule has 86 valence electrons. The van der Waals surface area contributed by atoms with Gasteiger partial charge in [0.05, 0.1) is 0 Å². The van der Waals surface area contributed by atoms with Crippen LogP contribution in [0.5, 0.6) is 0 Å². The lowest BCUT2D eigenvalue weighted by Gasteiger charge is -2.07. The van der Waals surface area contributed by atoms with Crippen LogP contribution >= 0.6 is 0 Å². The van der Waals surface area contributed by atoms with E-state index in [1.165, 1.54) is 0 Å². The molecule has 0 saturated carbocycles. The zero-order valence-corrected chi connectivity index (χ0v) is 9.47. The average molecular weight is 227 g/mol. The van der Waals surface area contributed by atoms with Crippen LogP contribution in [0.15, 0.2) is 42.6 Å². The minimum absolute atomic E-state index is 0.209. The number of pyridine rings is 1. The lowest BCUT2D eigenvalue weighted by atomic mass is 10.2. The Morgan fingerprint density at radius 3 is 2.82 bits per heavy atom. The zero-order valence-electron chi connectivity index (χ0n) is 9.47. The summed E-state index contributed by atoms with van der Waals surface area (Å²) in [5.74, 6) is 0.360. The Labute approximate surface area is 99.5 Å². The van der Waals surface area contributed by atoms with Gasteiger partial charge in [0.2, 0.25) is 0 Å². The van der Waals surface area contributed by atoms with Crippen LogP contribution in [-0.2, 0) is 0 Å². The number of benzene rings is 1. The number of hydrogen-bond acceptors (Lipinski definition) is 3. The molecule has 0 bridgehead atoms. The van der Waals surface area contributed by atoms with E-state index in [0.29, 0.717) is 17.1 Å². The van der Waals surface area contributed by atoms with Gasteiger partial charge in [0.1, 0.15) is 5.82 Å². The fraction of sp³-hybridized carbons (Fsp3) is 0.0769. The van der Waals surface area contributed by atoms with Crippen LogP contribution < -0.4 is 11.1 Å². The molecular formula is C13H13N3O. The first-order valence-electron chi connectivity index (χ1n) is 5.25. The average Bonchev–Trinajstić information content (AvgIpc) is 2.32. The number of carbonyl (C=O) groups excluding carboxylic acids is 1. The highest BCUT2D eigenvalue weighted by molar-refractivity contribution is 6.04. The molecule has 0 spiro atoms. The summed E-state index contributed by atoms with van der Waals surface area (Å²) in [6.45, 7) is 1.89. The molecule has 2 rings (SSSR count). The van der Waals surface area contributed by atoms with E-state index in [1.54, 1.807) is 30.5 Å². The molecule has 0 radical (unpaired) electrons. The van der Waals surface area contributed by atoms with Gasteiger partial charge in [-0.15, -0.1) is 0 Å². The normalized spacial score (nSPS) is 9.94. The van der Waals surface area contributed by atoms with Gasteiger partial charge in [-0.1, -0.05) is 12.1 Å². The van der Waals surface area contributed by atoms with E-state index in [4.69, 9.17) is 5.73 Å². The Balaban J connectivity index is 2.20. The van der Waals surface area contributed by atoms with Crippen molar-refractivity contribution in [1.29, 1.82) is 0 Å². The molecule has 0 fully saturated rings. The lowest BCUT2D eigenvalue weighted by Crippen LogP contribution is -2.14. The second kappa shape index (κ2) is 4.65. The van der Waals surface area contributed by atoms with Gasteiger partial charge in [0.15, 0.2) is 0 Å². The van der Waals surface area contributed by atoms with Crippen molar-refractivity contribution in [3.8, 4) is 0 Å². The Kier molecular flexibility index (Phi) is 3.05. The van der Waals surface area contributed by atoms with Crippen molar-refractivity contribution in [2.45, 2.75) is 6.92 Å². The van der Waals surface area contributed by atoms with Gasteiger partial charge < -0.3 is 11.1 Å². The van der Waals surface area contributed by atoms with Gasteiger partial charge >= 0.3 is 0 Å². The van der Waals surface area contributed by atoms with Crippen molar-refractivity contribution >= 4 is 17.4 Å². The number of hydrogen-bond donors (Lipinski definition) is 2. The third-order valence-electron chi connectivity index (χ3n) is 2.39. The molecule has 0 aliphatic carbocycles. The molecular weight excluding hydrogens is 214 g/mol. The van der Waals surface area contributed by atoms with Crippen molar-refractivity contribution in [2.24, 2.45) is 0 Å². The molecule has 17 heavy (non-hydrogen) atoms. The highest BCUT2D eigenvalue weighted by Gasteiger charge is 2.08. The van der Waals surface area contributed by atoms with Gasteiger partial charge in [0.25, 0.3) is 5.91 Å². The number of aromatic nitrogens is 1. The van der Waals surface area contributed by atoms with E-state index < -0.39 is 0 Å². The second-order valence-electron chi connectivity index (χ2n) is 3.75. The Morgan fingerprint density at radius 2 is 2.12 bits per heavy atom. The summed E-state index contributed by atoms with van der Waals surface area (Å²) in [6.07, 6.45) is 1.64. The zero-order chi connectivity index (χ0) is 12.3. The van der Waals surface area contributed by atoms with Gasteiger partial charge in [-0.25, -0.2) is 4.98 Å². The van der Waals surface area contributed by atoms with E-state index in [0.717, 1.165) is 5.56 Å². The monoisotopic (exact) mass is 227 g/mol. The third-order valence-corrected chi connectivity index (χ3v) is 2.39. The maximum Gasteiger partial charge on any atom is 0.256 e. The summed E-state index contributed by atoms with van der Waals surface area (Å²) in [7, 11) is 0. The summed E-state index contributed by atoms with van der Waals surface area (Å²) in [5, 5.41) is 2.75. The van der Waals surface area contributed by atoms with Crippen molar-refractivity contribution in [1.82, 2.24) is 4.98 Å². The van der Waals surface area contributed by atoms with Crippen molar-refractivity contribution < 1.29 is 4.79 Å². The number of aryl methyl sites for hydroxylation is 1. The number of nitrogens with zero attached hydrogens (tertiary/aromatic N) is 1. The van der Waals surface area contributed by atoms with Crippen molar-refractivity contribution in [3.05, 3.63) is 53.7 Å². The summed E-state index contributed by atoms with van der Waals surface area (Å²) < 4.78 is 0. The van der Waals surface area contributed by atoms with Gasteiger partial charge in [-0.05, 0) is 36.8 Å². The molecule has 2 aromatic rings. The number of rotatable bonds is 2. The molecule has 0 aliphatic heterocycles. The van der Waals surface area contributed by atoms with E-state index >= 15 is 0 Å². The molecule has 0 saturated heterocycles. The molecule has 4 nitrogen and oxygen atoms in total.